The van der Waals surface area contributed by atoms with Gasteiger partial charge in [0.15, 0.2) is 0 Å². The summed E-state index contributed by atoms with van der Waals surface area (Å²) in [6.07, 6.45) is 3.15. The summed E-state index contributed by atoms with van der Waals surface area (Å²) in [4.78, 5) is 26.5. The van der Waals surface area contributed by atoms with Crippen LogP contribution in [0.2, 0.25) is 0 Å². The molecule has 1 aliphatic rings. The van der Waals surface area contributed by atoms with Crippen LogP contribution in [-0.2, 0) is 4.79 Å². The van der Waals surface area contributed by atoms with E-state index >= 15 is 0 Å². The number of carbonyl (C=O) groups is 2. The first-order chi connectivity index (χ1) is 12.0. The lowest BCUT2D eigenvalue weighted by atomic mass is 10.0. The molecule has 2 rings (SSSR count). The number of nitrogens with two attached hydrogens (primary N) is 1. The number of nitrogens with zero attached hydrogens (tertiary/aromatic N) is 1. The van der Waals surface area contributed by atoms with E-state index in [4.69, 9.17) is 5.73 Å². The maximum atomic E-state index is 12.1. The van der Waals surface area contributed by atoms with E-state index in [2.05, 4.69) is 15.5 Å². The van der Waals surface area contributed by atoms with Crippen LogP contribution in [0, 0.1) is 5.92 Å². The van der Waals surface area contributed by atoms with Crippen molar-refractivity contribution in [3.8, 4) is 0 Å². The number of halogens is 2. The zero-order valence-electron chi connectivity index (χ0n) is 16.1. The van der Waals surface area contributed by atoms with Crippen LogP contribution in [0.15, 0.2) is 24.3 Å². The Morgan fingerprint density at radius 3 is 2.26 bits per heavy atom. The van der Waals surface area contributed by atoms with Gasteiger partial charge in [0, 0.05) is 24.3 Å². The Hall–Kier alpha value is -1.34. The SMILES string of the molecule is CC(C)C[C@H](N)C(=O)Nc1ccc(C(=O)NCCN2CCCC2)cc1.Cl.Cl. The van der Waals surface area contributed by atoms with Gasteiger partial charge in [0.2, 0.25) is 5.91 Å². The average Bonchev–Trinajstić information content (AvgIpc) is 3.08. The van der Waals surface area contributed by atoms with Gasteiger partial charge in [-0.25, -0.2) is 0 Å². The molecule has 4 N–H and O–H groups in total. The first-order valence-corrected chi connectivity index (χ1v) is 9.13. The van der Waals surface area contributed by atoms with E-state index in [-0.39, 0.29) is 36.6 Å². The molecule has 1 saturated heterocycles. The van der Waals surface area contributed by atoms with E-state index in [1.54, 1.807) is 24.3 Å². The lowest BCUT2D eigenvalue weighted by Crippen LogP contribution is -2.36. The predicted octanol–water partition coefficient (Wildman–Crippen LogP) is 2.67. The molecule has 8 heteroatoms. The topological polar surface area (TPSA) is 87.5 Å². The molecule has 0 unspecified atom stereocenters. The highest BCUT2D eigenvalue weighted by Crippen LogP contribution is 2.11. The fourth-order valence-corrected chi connectivity index (χ4v) is 2.99. The van der Waals surface area contributed by atoms with Crippen molar-refractivity contribution in [1.82, 2.24) is 10.2 Å². The van der Waals surface area contributed by atoms with Crippen LogP contribution >= 0.6 is 24.8 Å². The molecule has 0 aromatic heterocycles. The normalized spacial score (nSPS) is 14.8. The fourth-order valence-electron chi connectivity index (χ4n) is 2.99. The minimum atomic E-state index is -0.520. The van der Waals surface area contributed by atoms with Gasteiger partial charge in [-0.15, -0.1) is 24.8 Å². The summed E-state index contributed by atoms with van der Waals surface area (Å²) in [6, 6.07) is 6.38. The Bertz CT molecular complexity index is 576. The number of likely N-dealkylation sites (tertiary alicyclic amines) is 1. The van der Waals surface area contributed by atoms with Crippen molar-refractivity contribution in [2.45, 2.75) is 39.2 Å². The van der Waals surface area contributed by atoms with Gasteiger partial charge in [0.25, 0.3) is 5.91 Å². The van der Waals surface area contributed by atoms with Crippen LogP contribution in [0.3, 0.4) is 0 Å². The number of benzene rings is 1. The van der Waals surface area contributed by atoms with Gasteiger partial charge >= 0.3 is 0 Å². The van der Waals surface area contributed by atoms with Gasteiger partial charge in [0.05, 0.1) is 6.04 Å². The van der Waals surface area contributed by atoms with Crippen LogP contribution in [0.5, 0.6) is 0 Å². The summed E-state index contributed by atoms with van der Waals surface area (Å²) in [5.41, 5.74) is 7.11. The Morgan fingerprint density at radius 2 is 1.70 bits per heavy atom. The summed E-state index contributed by atoms with van der Waals surface area (Å²) in [6.45, 7) is 7.87. The second kappa shape index (κ2) is 12.9. The monoisotopic (exact) mass is 418 g/mol. The summed E-state index contributed by atoms with van der Waals surface area (Å²) < 4.78 is 0. The van der Waals surface area contributed by atoms with Crippen molar-refractivity contribution < 1.29 is 9.59 Å². The molecule has 154 valence electrons. The lowest BCUT2D eigenvalue weighted by Gasteiger charge is -2.15. The van der Waals surface area contributed by atoms with Crippen LogP contribution < -0.4 is 16.4 Å². The molecular formula is C19H32Cl2N4O2. The maximum absolute atomic E-state index is 12.1. The number of nitrogens with one attached hydrogen (secondary N) is 2. The minimum absolute atomic E-state index is 0. The van der Waals surface area contributed by atoms with Crippen molar-refractivity contribution >= 4 is 42.3 Å². The van der Waals surface area contributed by atoms with Crippen LogP contribution in [0.25, 0.3) is 0 Å². The standard InChI is InChI=1S/C19H30N4O2.2ClH/c1-14(2)13-17(20)19(25)22-16-7-5-15(6-8-16)18(24)21-9-12-23-10-3-4-11-23;;/h5-8,14,17H,3-4,9-13,20H2,1-2H3,(H,21,24)(H,22,25);2*1H/t17-;;/m0../s1. The Labute approximate surface area is 174 Å². The maximum Gasteiger partial charge on any atom is 0.251 e. The summed E-state index contributed by atoms with van der Waals surface area (Å²) >= 11 is 0. The van der Waals surface area contributed by atoms with E-state index in [0.717, 1.165) is 19.6 Å². The molecule has 27 heavy (non-hydrogen) atoms. The highest BCUT2D eigenvalue weighted by Gasteiger charge is 2.15. The largest absolute Gasteiger partial charge is 0.351 e. The first kappa shape index (κ1) is 25.7. The molecule has 0 radical (unpaired) electrons. The van der Waals surface area contributed by atoms with Crippen LogP contribution in [0.4, 0.5) is 5.69 Å². The summed E-state index contributed by atoms with van der Waals surface area (Å²) in [5.74, 6) is 0.0810. The smallest absolute Gasteiger partial charge is 0.251 e. The molecule has 1 aromatic carbocycles. The number of hydrogen-bond donors (Lipinski definition) is 3. The number of hydrogen-bond acceptors (Lipinski definition) is 4. The van der Waals surface area contributed by atoms with Gasteiger partial charge in [-0.3, -0.25) is 9.59 Å². The fraction of sp³-hybridized carbons (Fsp3) is 0.579. The van der Waals surface area contributed by atoms with Crippen LogP contribution in [0.1, 0.15) is 43.5 Å². The van der Waals surface area contributed by atoms with Gasteiger partial charge in [-0.05, 0) is 62.5 Å². The van der Waals surface area contributed by atoms with Crippen molar-refractivity contribution in [2.24, 2.45) is 11.7 Å². The van der Waals surface area contributed by atoms with E-state index in [9.17, 15) is 9.59 Å². The average molecular weight is 419 g/mol. The molecule has 0 saturated carbocycles. The zero-order chi connectivity index (χ0) is 18.2. The second-order valence-electron chi connectivity index (χ2n) is 7.11. The minimum Gasteiger partial charge on any atom is -0.351 e. The third-order valence-electron chi connectivity index (χ3n) is 4.39. The quantitative estimate of drug-likeness (QED) is 0.605. The van der Waals surface area contributed by atoms with Gasteiger partial charge in [-0.2, -0.15) is 0 Å². The van der Waals surface area contributed by atoms with Crippen molar-refractivity contribution in [1.29, 1.82) is 0 Å². The van der Waals surface area contributed by atoms with Crippen molar-refractivity contribution in [3.63, 3.8) is 0 Å². The summed E-state index contributed by atoms with van der Waals surface area (Å²) in [5, 5.41) is 5.73. The number of carbonyl (C=O) groups excluding carboxylic acids is 2. The van der Waals surface area contributed by atoms with E-state index in [0.29, 0.717) is 30.1 Å². The van der Waals surface area contributed by atoms with E-state index in [1.807, 2.05) is 13.8 Å². The Morgan fingerprint density at radius 1 is 1.11 bits per heavy atom. The number of amides is 2. The first-order valence-electron chi connectivity index (χ1n) is 9.13. The van der Waals surface area contributed by atoms with Gasteiger partial charge < -0.3 is 21.3 Å². The molecule has 0 spiro atoms. The second-order valence-corrected chi connectivity index (χ2v) is 7.11. The molecule has 1 atom stereocenters. The van der Waals surface area contributed by atoms with Crippen molar-refractivity contribution in [3.05, 3.63) is 29.8 Å². The lowest BCUT2D eigenvalue weighted by molar-refractivity contribution is -0.117. The third-order valence-corrected chi connectivity index (χ3v) is 4.39. The molecule has 1 aromatic rings. The van der Waals surface area contributed by atoms with Gasteiger partial charge in [0.1, 0.15) is 0 Å². The number of rotatable bonds is 8. The molecular weight excluding hydrogens is 387 g/mol. The Balaban J connectivity index is 0.00000338. The van der Waals surface area contributed by atoms with Crippen LogP contribution in [-0.4, -0.2) is 48.9 Å². The molecule has 1 aliphatic heterocycles. The molecule has 1 fully saturated rings. The molecule has 0 bridgehead atoms. The van der Waals surface area contributed by atoms with E-state index in [1.165, 1.54) is 12.8 Å². The highest BCUT2D eigenvalue weighted by molar-refractivity contribution is 5.97. The summed E-state index contributed by atoms with van der Waals surface area (Å²) in [7, 11) is 0. The van der Waals surface area contributed by atoms with Crippen molar-refractivity contribution in [2.75, 3.05) is 31.5 Å². The molecule has 6 nitrogen and oxygen atoms in total. The van der Waals surface area contributed by atoms with Gasteiger partial charge in [-0.1, -0.05) is 13.8 Å². The predicted molar refractivity (Wildman–Crippen MR) is 115 cm³/mol. The van der Waals surface area contributed by atoms with E-state index < -0.39 is 6.04 Å². The third kappa shape index (κ3) is 8.93. The molecule has 0 aliphatic carbocycles. The zero-order valence-corrected chi connectivity index (χ0v) is 17.7. The Kier molecular flexibility index (Phi) is 12.3. The molecule has 2 amide bonds. The molecule has 1 heterocycles. The number of anilines is 1. The highest BCUT2D eigenvalue weighted by atomic mass is 35.5.